The molecule has 10 aromatic rings. The molecule has 0 aliphatic rings. The van der Waals surface area contributed by atoms with E-state index in [1.807, 2.05) is 11.3 Å². The molecule has 0 unspecified atom stereocenters. The third-order valence-electron chi connectivity index (χ3n) is 9.66. The number of para-hydroxylation sites is 3. The molecule has 0 radical (unpaired) electrons. The van der Waals surface area contributed by atoms with Crippen LogP contribution in [0.1, 0.15) is 0 Å². The van der Waals surface area contributed by atoms with Crippen LogP contribution in [0.25, 0.3) is 51.1 Å². The van der Waals surface area contributed by atoms with Gasteiger partial charge in [0.2, 0.25) is 0 Å². The molecular weight excluding hydrogens is 680 g/mol. The normalized spacial score (nSPS) is 11.6. The number of hydrogen-bond donors (Lipinski definition) is 0. The van der Waals surface area contributed by atoms with Crippen LogP contribution >= 0.6 is 34.3 Å². The highest BCUT2D eigenvalue weighted by atomic mass is 35.5. The molecule has 0 atom stereocenters. The maximum Gasteiger partial charge on any atom is 0.0547 e. The fourth-order valence-corrected chi connectivity index (χ4v) is 10.2. The van der Waals surface area contributed by atoms with Gasteiger partial charge in [-0.05, 0) is 72.8 Å². The molecular formula is C46H29ClN2S2. The van der Waals surface area contributed by atoms with Gasteiger partial charge in [0.25, 0.3) is 0 Å². The van der Waals surface area contributed by atoms with Crippen LogP contribution in [0.15, 0.2) is 176 Å². The Morgan fingerprint density at radius 2 is 0.922 bits per heavy atom. The van der Waals surface area contributed by atoms with Crippen molar-refractivity contribution in [2.45, 2.75) is 0 Å². The van der Waals surface area contributed by atoms with Crippen LogP contribution in [0, 0.1) is 0 Å². The monoisotopic (exact) mass is 708 g/mol. The average Bonchev–Trinajstić information content (AvgIpc) is 3.75. The van der Waals surface area contributed by atoms with Gasteiger partial charge in [-0.25, -0.2) is 0 Å². The third-order valence-corrected chi connectivity index (χ3v) is 12.3. The fourth-order valence-electron chi connectivity index (χ4n) is 7.42. The molecule has 51 heavy (non-hydrogen) atoms. The first kappa shape index (κ1) is 30.2. The van der Waals surface area contributed by atoms with Gasteiger partial charge < -0.3 is 9.80 Å². The van der Waals surface area contributed by atoms with E-state index in [1.165, 1.54) is 45.7 Å². The van der Waals surface area contributed by atoms with Crippen molar-refractivity contribution in [3.05, 3.63) is 181 Å². The zero-order valence-corrected chi connectivity index (χ0v) is 29.7. The van der Waals surface area contributed by atoms with Crippen molar-refractivity contribution in [3.63, 3.8) is 0 Å². The number of anilines is 6. The average molecular weight is 709 g/mol. The Kier molecular flexibility index (Phi) is 7.28. The van der Waals surface area contributed by atoms with Gasteiger partial charge in [-0.2, -0.15) is 0 Å². The lowest BCUT2D eigenvalue weighted by molar-refractivity contribution is 1.30. The van der Waals surface area contributed by atoms with E-state index in [1.54, 1.807) is 11.3 Å². The van der Waals surface area contributed by atoms with Gasteiger partial charge in [-0.1, -0.05) is 115 Å². The predicted octanol–water partition coefficient (Wildman–Crippen LogP) is 15.2. The Labute approximate surface area is 308 Å². The number of benzene rings is 8. The van der Waals surface area contributed by atoms with Crippen molar-refractivity contribution in [2.75, 3.05) is 9.80 Å². The van der Waals surface area contributed by atoms with Crippen molar-refractivity contribution >= 4 is 120 Å². The standard InChI is InChI=1S/C46H29ClN2S2/c47-40-26-34(28-44-45(40)38-22-12-13-23-42(38)50-44)48(30-14-4-1-5-15-30)33-24-25-36-39-29-41(35-20-10-11-21-37(35)46(39)51-43(36)27-33)49(31-16-6-2-7-17-31)32-18-8-3-9-19-32/h1-29H. The highest BCUT2D eigenvalue weighted by molar-refractivity contribution is 7.27. The molecule has 0 saturated carbocycles. The lowest BCUT2D eigenvalue weighted by atomic mass is 10.0. The summed E-state index contributed by atoms with van der Waals surface area (Å²) in [5, 5.41) is 8.08. The summed E-state index contributed by atoms with van der Waals surface area (Å²) in [7, 11) is 0. The molecule has 242 valence electrons. The SMILES string of the molecule is Clc1cc(N(c2ccccc2)c2ccc3c(c2)sc2c4ccccc4c(N(c4ccccc4)c4ccccc4)cc32)cc2sc3ccccc3c12. The first-order valence-corrected chi connectivity index (χ1v) is 19.0. The van der Waals surface area contributed by atoms with Gasteiger partial charge in [-0.3, -0.25) is 0 Å². The first-order chi connectivity index (χ1) is 25.2. The van der Waals surface area contributed by atoms with Crippen molar-refractivity contribution in [3.8, 4) is 0 Å². The number of rotatable bonds is 6. The fraction of sp³-hybridized carbons (Fsp3) is 0. The van der Waals surface area contributed by atoms with Crippen LogP contribution in [0.4, 0.5) is 34.1 Å². The number of thiophene rings is 2. The number of nitrogens with zero attached hydrogens (tertiary/aromatic N) is 2. The summed E-state index contributed by atoms with van der Waals surface area (Å²) in [6.45, 7) is 0. The predicted molar refractivity (Wildman–Crippen MR) is 224 cm³/mol. The number of halogens is 1. The first-order valence-electron chi connectivity index (χ1n) is 17.0. The van der Waals surface area contributed by atoms with Gasteiger partial charge in [0.15, 0.2) is 0 Å². The second-order valence-corrected chi connectivity index (χ2v) is 15.2. The van der Waals surface area contributed by atoms with E-state index < -0.39 is 0 Å². The number of hydrogen-bond acceptors (Lipinski definition) is 4. The van der Waals surface area contributed by atoms with Gasteiger partial charge in [0.05, 0.1) is 10.7 Å². The Morgan fingerprint density at radius 3 is 1.61 bits per heavy atom. The summed E-state index contributed by atoms with van der Waals surface area (Å²) in [6, 6.07) is 62.9. The van der Waals surface area contributed by atoms with Gasteiger partial charge in [0, 0.05) is 79.6 Å². The molecule has 2 aromatic heterocycles. The zero-order chi connectivity index (χ0) is 33.9. The molecule has 0 aliphatic carbocycles. The van der Waals surface area contributed by atoms with Crippen molar-refractivity contribution < 1.29 is 0 Å². The maximum absolute atomic E-state index is 7.11. The summed E-state index contributed by atoms with van der Waals surface area (Å²) in [5.74, 6) is 0. The van der Waals surface area contributed by atoms with Gasteiger partial charge in [-0.15, -0.1) is 22.7 Å². The second kappa shape index (κ2) is 12.3. The summed E-state index contributed by atoms with van der Waals surface area (Å²) < 4.78 is 4.96. The highest BCUT2D eigenvalue weighted by Gasteiger charge is 2.21. The zero-order valence-electron chi connectivity index (χ0n) is 27.3. The molecule has 0 spiro atoms. The van der Waals surface area contributed by atoms with E-state index in [2.05, 4.69) is 186 Å². The summed E-state index contributed by atoms with van der Waals surface area (Å²) in [6.07, 6.45) is 0. The minimum Gasteiger partial charge on any atom is -0.310 e. The van der Waals surface area contributed by atoms with Crippen LogP contribution in [0.3, 0.4) is 0 Å². The summed E-state index contributed by atoms with van der Waals surface area (Å²) in [4.78, 5) is 4.71. The third kappa shape index (κ3) is 5.06. The molecule has 0 bridgehead atoms. The molecule has 2 heterocycles. The lowest BCUT2D eigenvalue weighted by Gasteiger charge is -2.27. The van der Waals surface area contributed by atoms with E-state index in [0.29, 0.717) is 0 Å². The molecule has 8 aromatic carbocycles. The minimum atomic E-state index is 0.768. The Morgan fingerprint density at radius 1 is 0.353 bits per heavy atom. The van der Waals surface area contributed by atoms with Gasteiger partial charge >= 0.3 is 0 Å². The van der Waals surface area contributed by atoms with Crippen molar-refractivity contribution in [1.82, 2.24) is 0 Å². The Hall–Kier alpha value is -5.65. The van der Waals surface area contributed by atoms with Crippen LogP contribution in [0.5, 0.6) is 0 Å². The minimum absolute atomic E-state index is 0.768. The van der Waals surface area contributed by atoms with E-state index in [-0.39, 0.29) is 0 Å². The topological polar surface area (TPSA) is 6.48 Å². The summed E-state index contributed by atoms with van der Waals surface area (Å²) >= 11 is 10.8. The molecule has 0 saturated heterocycles. The van der Waals surface area contributed by atoms with E-state index >= 15 is 0 Å². The van der Waals surface area contributed by atoms with Crippen LogP contribution in [-0.4, -0.2) is 0 Å². The largest absolute Gasteiger partial charge is 0.310 e. The maximum atomic E-state index is 7.11. The van der Waals surface area contributed by atoms with Crippen molar-refractivity contribution in [1.29, 1.82) is 0 Å². The number of fused-ring (bicyclic) bond motifs is 8. The van der Waals surface area contributed by atoms with E-state index in [4.69, 9.17) is 11.6 Å². The Balaban J connectivity index is 1.19. The molecule has 0 N–H and O–H groups in total. The highest BCUT2D eigenvalue weighted by Crippen LogP contribution is 2.49. The second-order valence-electron chi connectivity index (χ2n) is 12.7. The van der Waals surface area contributed by atoms with Crippen LogP contribution < -0.4 is 9.80 Å². The molecule has 0 aliphatic heterocycles. The molecule has 5 heteroatoms. The molecule has 0 amide bonds. The van der Waals surface area contributed by atoms with Gasteiger partial charge in [0.1, 0.15) is 0 Å². The lowest BCUT2D eigenvalue weighted by Crippen LogP contribution is -2.10. The quantitative estimate of drug-likeness (QED) is 0.170. The summed E-state index contributed by atoms with van der Waals surface area (Å²) in [5.41, 5.74) is 6.64. The van der Waals surface area contributed by atoms with E-state index in [0.717, 1.165) is 44.5 Å². The molecule has 10 rings (SSSR count). The Bertz CT molecular complexity index is 2840. The van der Waals surface area contributed by atoms with Crippen LogP contribution in [0.2, 0.25) is 5.02 Å². The van der Waals surface area contributed by atoms with Crippen LogP contribution in [-0.2, 0) is 0 Å². The van der Waals surface area contributed by atoms with Crippen molar-refractivity contribution in [2.24, 2.45) is 0 Å². The molecule has 0 fully saturated rings. The van der Waals surface area contributed by atoms with E-state index in [9.17, 15) is 0 Å². The molecule has 2 nitrogen and oxygen atoms in total. The smallest absolute Gasteiger partial charge is 0.0547 e.